The molecule has 0 bridgehead atoms. The third kappa shape index (κ3) is 4.03. The minimum Gasteiger partial charge on any atom is -0.481 e. The van der Waals surface area contributed by atoms with Gasteiger partial charge < -0.3 is 10.0 Å². The number of thioether (sulfide) groups is 1. The van der Waals surface area contributed by atoms with Gasteiger partial charge in [-0.2, -0.15) is 11.8 Å². The molecule has 0 aromatic carbocycles. The second kappa shape index (κ2) is 5.21. The van der Waals surface area contributed by atoms with E-state index in [1.54, 1.807) is 13.8 Å². The molecule has 1 heterocycles. The summed E-state index contributed by atoms with van der Waals surface area (Å²) in [6.07, 6.45) is 2.46. The number of hydrogen-bond acceptors (Lipinski definition) is 3. The maximum Gasteiger partial charge on any atom is 0.309 e. The highest BCUT2D eigenvalue weighted by Crippen LogP contribution is 2.28. The van der Waals surface area contributed by atoms with Crippen LogP contribution in [0.15, 0.2) is 0 Å². The first kappa shape index (κ1) is 12.8. The number of likely N-dealkylation sites (tertiary alicyclic amines) is 1. The van der Waals surface area contributed by atoms with E-state index >= 15 is 0 Å². The molecule has 1 aliphatic heterocycles. The van der Waals surface area contributed by atoms with Gasteiger partial charge in [0.2, 0.25) is 0 Å². The van der Waals surface area contributed by atoms with Crippen LogP contribution in [0, 0.1) is 5.41 Å². The maximum atomic E-state index is 10.9. The Balaban J connectivity index is 2.33. The van der Waals surface area contributed by atoms with Crippen LogP contribution >= 0.6 is 11.8 Å². The largest absolute Gasteiger partial charge is 0.481 e. The van der Waals surface area contributed by atoms with Crippen molar-refractivity contribution in [2.24, 2.45) is 5.41 Å². The maximum absolute atomic E-state index is 10.9. The van der Waals surface area contributed by atoms with Crippen molar-refractivity contribution < 1.29 is 9.90 Å². The van der Waals surface area contributed by atoms with Crippen molar-refractivity contribution in [1.29, 1.82) is 0 Å². The Kier molecular flexibility index (Phi) is 4.46. The quantitative estimate of drug-likeness (QED) is 0.802. The number of carboxylic acid groups (broad SMARTS) is 1. The van der Waals surface area contributed by atoms with E-state index in [-0.39, 0.29) is 0 Å². The van der Waals surface area contributed by atoms with Crippen LogP contribution in [0.5, 0.6) is 0 Å². The summed E-state index contributed by atoms with van der Waals surface area (Å²) in [5.41, 5.74) is -0.597. The van der Waals surface area contributed by atoms with E-state index in [2.05, 4.69) is 11.9 Å². The minimum atomic E-state index is -0.695. The summed E-state index contributed by atoms with van der Waals surface area (Å²) in [4.78, 5) is 13.3. The van der Waals surface area contributed by atoms with Crippen molar-refractivity contribution in [2.75, 3.05) is 25.9 Å². The monoisotopic (exact) mass is 231 g/mol. The van der Waals surface area contributed by atoms with Crippen molar-refractivity contribution in [3.8, 4) is 0 Å². The molecule has 1 unspecified atom stereocenters. The molecule has 15 heavy (non-hydrogen) atoms. The highest BCUT2D eigenvalue weighted by Gasteiger charge is 2.29. The average Bonchev–Trinajstić information content (AvgIpc) is 2.15. The normalized spacial score (nSPS) is 24.1. The number of nitrogens with zero attached hydrogens (tertiary/aromatic N) is 1. The fourth-order valence-electron chi connectivity index (χ4n) is 1.64. The summed E-state index contributed by atoms with van der Waals surface area (Å²) in [6, 6.07) is 0. The molecule has 88 valence electrons. The van der Waals surface area contributed by atoms with Crippen LogP contribution < -0.4 is 0 Å². The molecule has 1 aliphatic rings. The predicted octanol–water partition coefficient (Wildman–Crippen LogP) is 1.92. The molecule has 0 spiro atoms. The molecule has 0 aromatic rings. The van der Waals surface area contributed by atoms with Gasteiger partial charge in [0, 0.05) is 17.5 Å². The smallest absolute Gasteiger partial charge is 0.309 e. The first-order valence-corrected chi connectivity index (χ1v) is 6.50. The van der Waals surface area contributed by atoms with Crippen molar-refractivity contribution >= 4 is 17.7 Å². The first-order chi connectivity index (χ1) is 6.92. The lowest BCUT2D eigenvalue weighted by atomic mass is 9.97. The Bertz CT molecular complexity index is 231. The second-order valence-corrected chi connectivity index (χ2v) is 6.32. The Morgan fingerprint density at radius 3 is 2.80 bits per heavy atom. The van der Waals surface area contributed by atoms with Gasteiger partial charge >= 0.3 is 5.97 Å². The Labute approximate surface area is 96.2 Å². The van der Waals surface area contributed by atoms with Gasteiger partial charge in [0.25, 0.3) is 0 Å². The predicted molar refractivity (Wildman–Crippen MR) is 64.4 cm³/mol. The van der Waals surface area contributed by atoms with Crippen LogP contribution in [0.3, 0.4) is 0 Å². The van der Waals surface area contributed by atoms with E-state index in [9.17, 15) is 4.79 Å². The zero-order valence-corrected chi connectivity index (χ0v) is 10.6. The topological polar surface area (TPSA) is 40.5 Å². The highest BCUT2D eigenvalue weighted by atomic mass is 32.2. The van der Waals surface area contributed by atoms with E-state index in [1.807, 2.05) is 11.8 Å². The zero-order valence-electron chi connectivity index (χ0n) is 9.82. The van der Waals surface area contributed by atoms with Crippen molar-refractivity contribution in [1.82, 2.24) is 4.90 Å². The van der Waals surface area contributed by atoms with Gasteiger partial charge in [-0.1, -0.05) is 0 Å². The van der Waals surface area contributed by atoms with Gasteiger partial charge in [-0.3, -0.25) is 4.79 Å². The summed E-state index contributed by atoms with van der Waals surface area (Å²) in [5, 5.41) is 9.61. The number of piperidine rings is 1. The van der Waals surface area contributed by atoms with Crippen LogP contribution in [-0.2, 0) is 4.79 Å². The van der Waals surface area contributed by atoms with Gasteiger partial charge in [-0.15, -0.1) is 0 Å². The van der Waals surface area contributed by atoms with Crippen LogP contribution in [0.4, 0.5) is 0 Å². The number of carboxylic acids is 1. The van der Waals surface area contributed by atoms with Crippen LogP contribution in [0.2, 0.25) is 0 Å². The molecule has 1 atom stereocenters. The molecule has 1 rings (SSSR count). The SMILES string of the molecule is CN1CCCC(SCC(C)(C)C(=O)O)C1. The molecule has 1 N–H and O–H groups in total. The van der Waals surface area contributed by atoms with Crippen molar-refractivity contribution in [3.63, 3.8) is 0 Å². The van der Waals surface area contributed by atoms with Crippen molar-refractivity contribution in [3.05, 3.63) is 0 Å². The Hall–Kier alpha value is -0.220. The number of hydrogen-bond donors (Lipinski definition) is 1. The standard InChI is InChI=1S/C11H21NO2S/c1-11(2,10(13)14)8-15-9-5-4-6-12(3)7-9/h9H,4-8H2,1-3H3,(H,13,14). The lowest BCUT2D eigenvalue weighted by Gasteiger charge is -2.31. The summed E-state index contributed by atoms with van der Waals surface area (Å²) >= 11 is 1.81. The van der Waals surface area contributed by atoms with Gasteiger partial charge in [0.1, 0.15) is 0 Å². The Morgan fingerprint density at radius 1 is 1.60 bits per heavy atom. The first-order valence-electron chi connectivity index (χ1n) is 5.45. The molecule has 4 heteroatoms. The molecule has 0 aromatic heterocycles. The summed E-state index contributed by atoms with van der Waals surface area (Å²) in [7, 11) is 2.13. The van der Waals surface area contributed by atoms with Gasteiger partial charge in [0.05, 0.1) is 5.41 Å². The molecule has 1 saturated heterocycles. The van der Waals surface area contributed by atoms with E-state index in [4.69, 9.17) is 5.11 Å². The molecule has 0 amide bonds. The van der Waals surface area contributed by atoms with Crippen molar-refractivity contribution in [2.45, 2.75) is 31.9 Å². The van der Waals surface area contributed by atoms with Crippen LogP contribution in [-0.4, -0.2) is 47.1 Å². The molecule has 1 fully saturated rings. The highest BCUT2D eigenvalue weighted by molar-refractivity contribution is 8.00. The third-order valence-corrected chi connectivity index (χ3v) is 4.58. The lowest BCUT2D eigenvalue weighted by Crippen LogP contribution is -2.35. The lowest BCUT2D eigenvalue weighted by molar-refractivity contribution is -0.145. The van der Waals surface area contributed by atoms with Crippen LogP contribution in [0.25, 0.3) is 0 Å². The van der Waals surface area contributed by atoms with E-state index in [0.29, 0.717) is 11.0 Å². The molecule has 0 radical (unpaired) electrons. The Morgan fingerprint density at radius 2 is 2.27 bits per heavy atom. The average molecular weight is 231 g/mol. The third-order valence-electron chi connectivity index (χ3n) is 2.84. The molecular weight excluding hydrogens is 210 g/mol. The number of aliphatic carboxylic acids is 1. The molecule has 3 nitrogen and oxygen atoms in total. The second-order valence-electron chi connectivity index (χ2n) is 5.03. The number of carbonyl (C=O) groups is 1. The van der Waals surface area contributed by atoms with Gasteiger partial charge in [-0.05, 0) is 40.3 Å². The van der Waals surface area contributed by atoms with E-state index in [0.717, 1.165) is 6.54 Å². The zero-order chi connectivity index (χ0) is 11.5. The number of rotatable bonds is 4. The van der Waals surface area contributed by atoms with Crippen LogP contribution in [0.1, 0.15) is 26.7 Å². The fourth-order valence-corrected chi connectivity index (χ4v) is 3.11. The minimum absolute atomic E-state index is 0.597. The fraction of sp³-hybridized carbons (Fsp3) is 0.909. The molecular formula is C11H21NO2S. The van der Waals surface area contributed by atoms with Gasteiger partial charge in [-0.25, -0.2) is 0 Å². The van der Waals surface area contributed by atoms with E-state index in [1.165, 1.54) is 19.4 Å². The summed E-state index contributed by atoms with van der Waals surface area (Å²) < 4.78 is 0. The summed E-state index contributed by atoms with van der Waals surface area (Å²) in [5.74, 6) is 0.0139. The summed E-state index contributed by atoms with van der Waals surface area (Å²) in [6.45, 7) is 5.88. The van der Waals surface area contributed by atoms with Gasteiger partial charge in [0.15, 0.2) is 0 Å². The molecule has 0 saturated carbocycles. The molecule has 0 aliphatic carbocycles. The van der Waals surface area contributed by atoms with E-state index < -0.39 is 11.4 Å².